The van der Waals surface area contributed by atoms with E-state index in [0.717, 1.165) is 0 Å². The van der Waals surface area contributed by atoms with E-state index < -0.39 is 20.5 Å². The Balaban J connectivity index is 1.93. The highest BCUT2D eigenvalue weighted by molar-refractivity contribution is 7.92. The largest absolute Gasteiger partial charge is 0.381 e. The number of carbonyl (C=O) groups excluding carboxylic acids is 1. The molecular weight excluding hydrogens is 268 g/mol. The van der Waals surface area contributed by atoms with Crippen molar-refractivity contribution < 1.29 is 17.9 Å². The fourth-order valence-electron chi connectivity index (χ4n) is 2.77. The first-order chi connectivity index (χ1) is 9.00. The highest BCUT2D eigenvalue weighted by atomic mass is 32.2. The van der Waals surface area contributed by atoms with Crippen molar-refractivity contribution in [1.82, 2.24) is 5.32 Å². The minimum Gasteiger partial charge on any atom is -0.381 e. The van der Waals surface area contributed by atoms with E-state index in [0.29, 0.717) is 38.9 Å². The molecule has 0 aliphatic carbocycles. The summed E-state index contributed by atoms with van der Waals surface area (Å²) < 4.78 is 28.7. The first kappa shape index (κ1) is 14.7. The van der Waals surface area contributed by atoms with E-state index in [1.54, 1.807) is 0 Å². The highest BCUT2D eigenvalue weighted by Gasteiger charge is 2.40. The van der Waals surface area contributed by atoms with Gasteiger partial charge in [0.25, 0.3) is 0 Å². The molecule has 2 rings (SSSR count). The van der Waals surface area contributed by atoms with Crippen LogP contribution in [-0.2, 0) is 19.4 Å². The second-order valence-electron chi connectivity index (χ2n) is 5.44. The van der Waals surface area contributed by atoms with E-state index >= 15 is 0 Å². The van der Waals surface area contributed by atoms with Crippen LogP contribution >= 0.6 is 0 Å². The Morgan fingerprint density at radius 2 is 2.05 bits per heavy atom. The van der Waals surface area contributed by atoms with Gasteiger partial charge in [-0.25, -0.2) is 8.42 Å². The van der Waals surface area contributed by atoms with Crippen LogP contribution in [0.15, 0.2) is 0 Å². The van der Waals surface area contributed by atoms with E-state index in [4.69, 9.17) is 10.5 Å². The zero-order valence-electron chi connectivity index (χ0n) is 11.1. The lowest BCUT2D eigenvalue weighted by molar-refractivity contribution is -0.135. The minimum atomic E-state index is -3.01. The van der Waals surface area contributed by atoms with Gasteiger partial charge in [-0.05, 0) is 25.7 Å². The average Bonchev–Trinajstić information content (AvgIpc) is 2.75. The van der Waals surface area contributed by atoms with Crippen molar-refractivity contribution in [2.45, 2.75) is 30.9 Å². The quantitative estimate of drug-likeness (QED) is 0.723. The molecule has 1 unspecified atom stereocenters. The summed E-state index contributed by atoms with van der Waals surface area (Å²) in [5, 5.41) is 2.36. The fourth-order valence-corrected chi connectivity index (χ4v) is 4.53. The second-order valence-corrected chi connectivity index (χ2v) is 7.84. The minimum absolute atomic E-state index is 0.125. The molecule has 2 saturated heterocycles. The first-order valence-electron chi connectivity index (χ1n) is 6.78. The second kappa shape index (κ2) is 5.76. The zero-order valence-corrected chi connectivity index (χ0v) is 11.9. The third-order valence-corrected chi connectivity index (χ3v) is 6.55. The number of nitrogens with one attached hydrogen (secondary N) is 1. The van der Waals surface area contributed by atoms with Gasteiger partial charge in [-0.3, -0.25) is 4.79 Å². The molecule has 110 valence electrons. The van der Waals surface area contributed by atoms with Gasteiger partial charge in [0, 0.05) is 26.3 Å². The Kier molecular flexibility index (Phi) is 4.47. The molecule has 19 heavy (non-hydrogen) atoms. The summed E-state index contributed by atoms with van der Waals surface area (Å²) in [6.45, 7) is 1.56. The van der Waals surface area contributed by atoms with E-state index in [-0.39, 0.29) is 24.7 Å². The van der Waals surface area contributed by atoms with Crippen molar-refractivity contribution in [2.75, 3.05) is 32.1 Å². The van der Waals surface area contributed by atoms with Crippen molar-refractivity contribution in [3.05, 3.63) is 0 Å². The van der Waals surface area contributed by atoms with E-state index in [1.807, 2.05) is 0 Å². The molecule has 0 spiro atoms. The monoisotopic (exact) mass is 290 g/mol. The van der Waals surface area contributed by atoms with Gasteiger partial charge in [-0.2, -0.15) is 0 Å². The molecule has 0 bridgehead atoms. The molecule has 3 N–H and O–H groups in total. The van der Waals surface area contributed by atoms with Gasteiger partial charge in [0.15, 0.2) is 9.84 Å². The Bertz CT molecular complexity index is 429. The summed E-state index contributed by atoms with van der Waals surface area (Å²) in [5.74, 6) is 0.115. The first-order valence-corrected chi connectivity index (χ1v) is 8.49. The van der Waals surface area contributed by atoms with Gasteiger partial charge in [0.05, 0.1) is 16.4 Å². The number of nitrogens with two attached hydrogens (primary N) is 1. The lowest BCUT2D eigenvalue weighted by Crippen LogP contribution is -2.50. The Morgan fingerprint density at radius 3 is 2.58 bits per heavy atom. The highest BCUT2D eigenvalue weighted by Crippen LogP contribution is 2.29. The lowest BCUT2D eigenvalue weighted by Gasteiger charge is -2.34. The van der Waals surface area contributed by atoms with Crippen molar-refractivity contribution in [3.63, 3.8) is 0 Å². The van der Waals surface area contributed by atoms with Crippen molar-refractivity contribution in [3.8, 4) is 0 Å². The molecule has 0 aromatic rings. The van der Waals surface area contributed by atoms with Crippen LogP contribution in [0.3, 0.4) is 0 Å². The summed E-state index contributed by atoms with van der Waals surface area (Å²) in [6, 6.07) is 0. The number of carbonyl (C=O) groups is 1. The van der Waals surface area contributed by atoms with Gasteiger partial charge >= 0.3 is 0 Å². The van der Waals surface area contributed by atoms with E-state index in [9.17, 15) is 13.2 Å². The van der Waals surface area contributed by atoms with Crippen LogP contribution in [0.1, 0.15) is 25.7 Å². The smallest absolute Gasteiger partial charge is 0.227 e. The number of ether oxygens (including phenoxy) is 1. The maximum Gasteiger partial charge on any atom is 0.227 e. The Labute approximate surface area is 114 Å². The molecule has 6 nitrogen and oxygen atoms in total. The lowest BCUT2D eigenvalue weighted by atomic mass is 9.79. The van der Waals surface area contributed by atoms with Crippen LogP contribution in [0, 0.1) is 5.41 Å². The number of sulfone groups is 1. The van der Waals surface area contributed by atoms with Gasteiger partial charge < -0.3 is 15.8 Å². The normalized spacial score (nSPS) is 29.0. The molecule has 2 aliphatic rings. The molecular formula is C12H22N2O4S. The van der Waals surface area contributed by atoms with Crippen LogP contribution in [0.2, 0.25) is 0 Å². The molecule has 0 aromatic heterocycles. The SMILES string of the molecule is NCC1(C(=O)NCC2CCCS2(=O)=O)CCOCC1. The Hall–Kier alpha value is -0.660. The third kappa shape index (κ3) is 3.09. The molecule has 2 fully saturated rings. The fraction of sp³-hybridized carbons (Fsp3) is 0.917. The number of hydrogen-bond donors (Lipinski definition) is 2. The molecule has 0 radical (unpaired) electrons. The number of hydrogen-bond acceptors (Lipinski definition) is 5. The maximum absolute atomic E-state index is 12.3. The summed E-state index contributed by atoms with van der Waals surface area (Å²) in [6.07, 6.45) is 2.54. The van der Waals surface area contributed by atoms with Crippen molar-refractivity contribution in [2.24, 2.45) is 11.1 Å². The van der Waals surface area contributed by atoms with Gasteiger partial charge in [-0.1, -0.05) is 0 Å². The summed E-state index contributed by atoms with van der Waals surface area (Å²) in [5.41, 5.74) is 5.16. The van der Waals surface area contributed by atoms with E-state index in [1.165, 1.54) is 0 Å². The van der Waals surface area contributed by atoms with Crippen LogP contribution in [0.25, 0.3) is 0 Å². The van der Waals surface area contributed by atoms with Crippen molar-refractivity contribution in [1.29, 1.82) is 0 Å². The zero-order chi connectivity index (χ0) is 13.9. The average molecular weight is 290 g/mol. The molecule has 2 heterocycles. The van der Waals surface area contributed by atoms with Crippen LogP contribution in [-0.4, -0.2) is 51.6 Å². The predicted octanol–water partition coefficient (Wildman–Crippen LogP) is -0.565. The predicted molar refractivity (Wildman–Crippen MR) is 71.4 cm³/mol. The third-order valence-electron chi connectivity index (χ3n) is 4.28. The standard InChI is InChI=1S/C12H22N2O4S/c13-9-12(3-5-18-6-4-12)11(15)14-8-10-2-1-7-19(10,16)17/h10H,1-9,13H2,(H,14,15). The maximum atomic E-state index is 12.3. The van der Waals surface area contributed by atoms with Gasteiger partial charge in [0.1, 0.15) is 0 Å². The van der Waals surface area contributed by atoms with Crippen LogP contribution < -0.4 is 11.1 Å². The molecule has 0 aromatic carbocycles. The molecule has 7 heteroatoms. The van der Waals surface area contributed by atoms with Crippen molar-refractivity contribution >= 4 is 15.7 Å². The van der Waals surface area contributed by atoms with Crippen LogP contribution in [0.5, 0.6) is 0 Å². The summed E-state index contributed by atoms with van der Waals surface area (Å²) in [4.78, 5) is 12.3. The summed E-state index contributed by atoms with van der Waals surface area (Å²) >= 11 is 0. The van der Waals surface area contributed by atoms with Gasteiger partial charge in [0.2, 0.25) is 5.91 Å². The molecule has 0 saturated carbocycles. The topological polar surface area (TPSA) is 98.5 Å². The Morgan fingerprint density at radius 1 is 1.37 bits per heavy atom. The van der Waals surface area contributed by atoms with Gasteiger partial charge in [-0.15, -0.1) is 0 Å². The number of rotatable bonds is 4. The molecule has 2 aliphatic heterocycles. The van der Waals surface area contributed by atoms with Crippen LogP contribution in [0.4, 0.5) is 0 Å². The summed E-state index contributed by atoms with van der Waals surface area (Å²) in [7, 11) is -3.01. The molecule has 1 atom stereocenters. The number of amides is 1. The van der Waals surface area contributed by atoms with E-state index in [2.05, 4.69) is 5.32 Å². The molecule has 1 amide bonds.